The number of alkyl halides is 1. The van der Waals surface area contributed by atoms with Crippen molar-refractivity contribution in [3.05, 3.63) is 59.9 Å². The van der Waals surface area contributed by atoms with Gasteiger partial charge in [-0.1, -0.05) is 42.5 Å². The fourth-order valence-corrected chi connectivity index (χ4v) is 2.36. The molecule has 0 aromatic heterocycles. The van der Waals surface area contributed by atoms with E-state index in [1.54, 1.807) is 12.1 Å². The zero-order chi connectivity index (χ0) is 14.5. The quantitative estimate of drug-likeness (QED) is 0.842. The summed E-state index contributed by atoms with van der Waals surface area (Å²) in [6.07, 6.45) is 0.198. The van der Waals surface area contributed by atoms with Crippen molar-refractivity contribution in [1.29, 1.82) is 0 Å². The molecule has 20 heavy (non-hydrogen) atoms. The van der Waals surface area contributed by atoms with E-state index in [2.05, 4.69) is 0 Å². The van der Waals surface area contributed by atoms with Crippen molar-refractivity contribution < 1.29 is 14.3 Å². The van der Waals surface area contributed by atoms with Gasteiger partial charge in [0.1, 0.15) is 5.82 Å². The summed E-state index contributed by atoms with van der Waals surface area (Å²) in [6.45, 7) is 0. The Bertz CT molecular complexity index is 599. The van der Waals surface area contributed by atoms with E-state index in [0.29, 0.717) is 17.5 Å². The number of hydrogen-bond acceptors (Lipinski definition) is 1. The number of hydrogen-bond donors (Lipinski definition) is 1. The van der Waals surface area contributed by atoms with Gasteiger partial charge in [-0.25, -0.2) is 4.39 Å². The Balaban J connectivity index is 2.16. The average molecular weight is 293 g/mol. The van der Waals surface area contributed by atoms with E-state index in [-0.39, 0.29) is 12.2 Å². The van der Waals surface area contributed by atoms with Crippen LogP contribution >= 0.6 is 11.6 Å². The molecule has 2 aromatic rings. The van der Waals surface area contributed by atoms with Crippen LogP contribution in [0.2, 0.25) is 0 Å². The van der Waals surface area contributed by atoms with Crippen LogP contribution in [0.4, 0.5) is 4.39 Å². The standard InChI is InChI=1S/C16H14ClFO2/c17-13(10-16(19)20)8-11-6-7-14(15(18)9-11)12-4-2-1-3-5-12/h1-7,9,13H,8,10H2,(H,19,20). The van der Waals surface area contributed by atoms with Crippen molar-refractivity contribution in [2.75, 3.05) is 0 Å². The van der Waals surface area contributed by atoms with Crippen LogP contribution in [-0.2, 0) is 11.2 Å². The van der Waals surface area contributed by atoms with Gasteiger partial charge < -0.3 is 5.11 Å². The molecule has 0 aliphatic heterocycles. The van der Waals surface area contributed by atoms with Crippen LogP contribution in [0.1, 0.15) is 12.0 Å². The van der Waals surface area contributed by atoms with Crippen molar-refractivity contribution in [2.45, 2.75) is 18.2 Å². The molecule has 0 saturated heterocycles. The van der Waals surface area contributed by atoms with Crippen molar-refractivity contribution in [3.63, 3.8) is 0 Å². The summed E-state index contributed by atoms with van der Waals surface area (Å²) in [5.74, 6) is -1.28. The van der Waals surface area contributed by atoms with Crippen LogP contribution in [0, 0.1) is 5.82 Å². The Labute approximate surface area is 121 Å². The number of carboxylic acid groups (broad SMARTS) is 1. The van der Waals surface area contributed by atoms with Gasteiger partial charge in [0, 0.05) is 10.9 Å². The fourth-order valence-electron chi connectivity index (χ4n) is 2.05. The Hall–Kier alpha value is -1.87. The highest BCUT2D eigenvalue weighted by Gasteiger charge is 2.12. The van der Waals surface area contributed by atoms with E-state index in [1.807, 2.05) is 30.3 Å². The predicted octanol–water partition coefficient (Wildman–Crippen LogP) is 4.12. The summed E-state index contributed by atoms with van der Waals surface area (Å²) in [5, 5.41) is 8.12. The molecule has 0 aliphatic rings. The lowest BCUT2D eigenvalue weighted by atomic mass is 10.0. The SMILES string of the molecule is O=C(O)CC(Cl)Cc1ccc(-c2ccccc2)c(F)c1. The third kappa shape index (κ3) is 3.81. The maximum atomic E-state index is 14.1. The molecule has 1 N–H and O–H groups in total. The van der Waals surface area contributed by atoms with Gasteiger partial charge in [-0.3, -0.25) is 4.79 Å². The van der Waals surface area contributed by atoms with Crippen molar-refractivity contribution in [2.24, 2.45) is 0 Å². The van der Waals surface area contributed by atoms with Gasteiger partial charge in [-0.05, 0) is 23.6 Å². The highest BCUT2D eigenvalue weighted by Crippen LogP contribution is 2.24. The Morgan fingerprint density at radius 1 is 1.20 bits per heavy atom. The molecule has 0 saturated carbocycles. The van der Waals surface area contributed by atoms with Gasteiger partial charge in [-0.15, -0.1) is 11.6 Å². The first kappa shape index (κ1) is 14.5. The summed E-state index contributed by atoms with van der Waals surface area (Å²) in [7, 11) is 0. The van der Waals surface area contributed by atoms with E-state index >= 15 is 0 Å². The number of rotatable bonds is 5. The molecule has 2 rings (SSSR count). The van der Waals surface area contributed by atoms with Crippen LogP contribution in [0.15, 0.2) is 48.5 Å². The smallest absolute Gasteiger partial charge is 0.304 e. The van der Waals surface area contributed by atoms with E-state index in [9.17, 15) is 9.18 Å². The van der Waals surface area contributed by atoms with Crippen molar-refractivity contribution in [1.82, 2.24) is 0 Å². The second-order valence-corrected chi connectivity index (χ2v) is 5.20. The molecule has 2 aromatic carbocycles. The molecule has 0 fully saturated rings. The summed E-state index contributed by atoms with van der Waals surface area (Å²) in [6, 6.07) is 14.2. The number of aliphatic carboxylic acids is 1. The highest BCUT2D eigenvalue weighted by molar-refractivity contribution is 6.21. The lowest BCUT2D eigenvalue weighted by molar-refractivity contribution is -0.137. The van der Waals surface area contributed by atoms with Gasteiger partial charge in [0.2, 0.25) is 0 Å². The molecule has 1 atom stereocenters. The number of carboxylic acids is 1. The minimum absolute atomic E-state index is 0.135. The molecule has 0 heterocycles. The zero-order valence-electron chi connectivity index (χ0n) is 10.7. The third-order valence-corrected chi connectivity index (χ3v) is 3.28. The normalized spacial score (nSPS) is 12.1. The van der Waals surface area contributed by atoms with Crippen LogP contribution < -0.4 is 0 Å². The summed E-state index contributed by atoms with van der Waals surface area (Å²) in [5.41, 5.74) is 2.03. The molecule has 0 spiro atoms. The van der Waals surface area contributed by atoms with Gasteiger partial charge in [0.25, 0.3) is 0 Å². The molecule has 0 radical (unpaired) electrons. The van der Waals surface area contributed by atoms with Gasteiger partial charge in [-0.2, -0.15) is 0 Å². The number of halogens is 2. The first-order chi connectivity index (χ1) is 9.56. The Morgan fingerprint density at radius 2 is 1.90 bits per heavy atom. The highest BCUT2D eigenvalue weighted by atomic mass is 35.5. The first-order valence-electron chi connectivity index (χ1n) is 6.26. The first-order valence-corrected chi connectivity index (χ1v) is 6.69. The zero-order valence-corrected chi connectivity index (χ0v) is 11.5. The van der Waals surface area contributed by atoms with E-state index in [0.717, 1.165) is 5.56 Å². The largest absolute Gasteiger partial charge is 0.481 e. The Morgan fingerprint density at radius 3 is 2.50 bits per heavy atom. The molecule has 2 nitrogen and oxygen atoms in total. The van der Waals surface area contributed by atoms with Crippen LogP contribution in [0.25, 0.3) is 11.1 Å². The molecular weight excluding hydrogens is 279 g/mol. The Kier molecular flexibility index (Phi) is 4.74. The van der Waals surface area contributed by atoms with Gasteiger partial charge in [0.05, 0.1) is 6.42 Å². The maximum absolute atomic E-state index is 14.1. The van der Waals surface area contributed by atoms with E-state index < -0.39 is 11.3 Å². The van der Waals surface area contributed by atoms with Crippen LogP contribution in [0.5, 0.6) is 0 Å². The molecule has 104 valence electrons. The molecule has 1 unspecified atom stereocenters. The second kappa shape index (κ2) is 6.53. The topological polar surface area (TPSA) is 37.3 Å². The van der Waals surface area contributed by atoms with Crippen molar-refractivity contribution in [3.8, 4) is 11.1 Å². The molecule has 0 aliphatic carbocycles. The minimum Gasteiger partial charge on any atom is -0.481 e. The summed E-state index contributed by atoms with van der Waals surface area (Å²) < 4.78 is 14.1. The van der Waals surface area contributed by atoms with Gasteiger partial charge >= 0.3 is 5.97 Å². The third-order valence-electron chi connectivity index (χ3n) is 2.97. The monoisotopic (exact) mass is 292 g/mol. The fraction of sp³-hybridized carbons (Fsp3) is 0.188. The predicted molar refractivity (Wildman–Crippen MR) is 77.4 cm³/mol. The van der Waals surface area contributed by atoms with Gasteiger partial charge in [0.15, 0.2) is 0 Å². The lowest BCUT2D eigenvalue weighted by Crippen LogP contribution is -2.10. The van der Waals surface area contributed by atoms with Crippen LogP contribution in [0.3, 0.4) is 0 Å². The molecule has 0 amide bonds. The second-order valence-electron chi connectivity index (χ2n) is 4.58. The molecule has 4 heteroatoms. The van der Waals surface area contributed by atoms with Crippen molar-refractivity contribution >= 4 is 17.6 Å². The number of benzene rings is 2. The molecule has 0 bridgehead atoms. The summed E-state index contributed by atoms with van der Waals surface area (Å²) >= 11 is 5.92. The maximum Gasteiger partial charge on any atom is 0.304 e. The molecular formula is C16H14ClFO2. The number of carbonyl (C=O) groups is 1. The van der Waals surface area contributed by atoms with E-state index in [4.69, 9.17) is 16.7 Å². The van der Waals surface area contributed by atoms with E-state index in [1.165, 1.54) is 6.07 Å². The average Bonchev–Trinajstić information content (AvgIpc) is 2.38. The van der Waals surface area contributed by atoms with Crippen LogP contribution in [-0.4, -0.2) is 16.5 Å². The summed E-state index contributed by atoms with van der Waals surface area (Å²) in [4.78, 5) is 10.5. The minimum atomic E-state index is -0.952. The lowest BCUT2D eigenvalue weighted by Gasteiger charge is -2.09.